The molecule has 0 amide bonds. The molecule has 2 aliphatic carbocycles. The number of esters is 1. The molecule has 1 aromatic carbocycles. The zero-order chi connectivity index (χ0) is 32.4. The lowest BCUT2D eigenvalue weighted by Gasteiger charge is -2.36. The second-order valence-corrected chi connectivity index (χ2v) is 14.5. The molecular formula is C39H58O7. The molecule has 7 nitrogen and oxygen atoms in total. The van der Waals surface area contributed by atoms with Crippen molar-refractivity contribution in [2.24, 2.45) is 29.1 Å². The summed E-state index contributed by atoms with van der Waals surface area (Å²) in [5.74, 6) is 0.197. The summed E-state index contributed by atoms with van der Waals surface area (Å²) < 4.78 is 36.9. The average Bonchev–Trinajstić information content (AvgIpc) is 3.62. The molecule has 1 aromatic rings. The highest BCUT2D eigenvalue weighted by molar-refractivity contribution is 5.76. The Morgan fingerprint density at radius 2 is 1.78 bits per heavy atom. The summed E-state index contributed by atoms with van der Waals surface area (Å²) in [4.78, 5) is 13.0. The summed E-state index contributed by atoms with van der Waals surface area (Å²) in [6.45, 7) is 9.21. The molecule has 46 heavy (non-hydrogen) atoms. The monoisotopic (exact) mass is 638 g/mol. The number of hydrogen-bond donors (Lipinski definition) is 0. The molecule has 1 saturated carbocycles. The van der Waals surface area contributed by atoms with Crippen LogP contribution in [0.5, 0.6) is 0 Å². The summed E-state index contributed by atoms with van der Waals surface area (Å²) in [6.07, 6.45) is 18.3. The van der Waals surface area contributed by atoms with Gasteiger partial charge in [-0.15, -0.1) is 0 Å². The van der Waals surface area contributed by atoms with E-state index in [-0.39, 0.29) is 48.0 Å². The number of carbonyl (C=O) groups excluding carboxylic acids is 1. The Kier molecular flexibility index (Phi) is 13.3. The Morgan fingerprint density at radius 1 is 1.04 bits per heavy atom. The van der Waals surface area contributed by atoms with Crippen LogP contribution in [-0.2, 0) is 39.8 Å². The molecule has 0 radical (unpaired) electrons. The molecule has 3 fully saturated rings. The van der Waals surface area contributed by atoms with Gasteiger partial charge < -0.3 is 28.4 Å². The molecular weight excluding hydrogens is 580 g/mol. The lowest BCUT2D eigenvalue weighted by Crippen LogP contribution is -2.37. The second kappa shape index (κ2) is 17.4. The van der Waals surface area contributed by atoms with Gasteiger partial charge in [0.15, 0.2) is 12.6 Å². The molecule has 2 aliphatic heterocycles. The first kappa shape index (κ1) is 35.3. The van der Waals surface area contributed by atoms with Crippen LogP contribution in [0.3, 0.4) is 0 Å². The highest BCUT2D eigenvalue weighted by atomic mass is 16.7. The van der Waals surface area contributed by atoms with Crippen LogP contribution < -0.4 is 0 Å². The fourth-order valence-electron chi connectivity index (χ4n) is 7.74. The van der Waals surface area contributed by atoms with Crippen molar-refractivity contribution in [3.63, 3.8) is 0 Å². The van der Waals surface area contributed by atoms with Gasteiger partial charge in [-0.3, -0.25) is 4.79 Å². The van der Waals surface area contributed by atoms with Crippen molar-refractivity contribution in [3.05, 3.63) is 59.7 Å². The summed E-state index contributed by atoms with van der Waals surface area (Å²) in [6, 6.07) is 10.1. The molecule has 2 heterocycles. The third-order valence-electron chi connectivity index (χ3n) is 10.5. The normalized spacial score (nSPS) is 29.8. The predicted molar refractivity (Wildman–Crippen MR) is 179 cm³/mol. The highest BCUT2D eigenvalue weighted by Crippen LogP contribution is 2.50. The smallest absolute Gasteiger partial charge is 0.315 e. The summed E-state index contributed by atoms with van der Waals surface area (Å²) >= 11 is 0. The number of benzene rings is 1. The largest absolute Gasteiger partial charge is 0.468 e. The molecule has 0 bridgehead atoms. The summed E-state index contributed by atoms with van der Waals surface area (Å²) in [7, 11) is 1.47. The van der Waals surface area contributed by atoms with Gasteiger partial charge in [-0.1, -0.05) is 87.7 Å². The van der Waals surface area contributed by atoms with E-state index < -0.39 is 5.92 Å². The maximum atomic E-state index is 13.0. The van der Waals surface area contributed by atoms with E-state index in [1.54, 1.807) is 0 Å². The quantitative estimate of drug-likeness (QED) is 0.134. The Hall–Kier alpha value is -2.03. The average molecular weight is 639 g/mol. The summed E-state index contributed by atoms with van der Waals surface area (Å²) in [5, 5.41) is 0. The van der Waals surface area contributed by atoms with Gasteiger partial charge in [0.25, 0.3) is 0 Å². The van der Waals surface area contributed by atoms with Crippen LogP contribution in [0.2, 0.25) is 0 Å². The Morgan fingerprint density at radius 3 is 2.46 bits per heavy atom. The van der Waals surface area contributed by atoms with E-state index in [0.717, 1.165) is 88.6 Å². The predicted octanol–water partition coefficient (Wildman–Crippen LogP) is 8.17. The van der Waals surface area contributed by atoms with E-state index in [2.05, 4.69) is 39.0 Å². The van der Waals surface area contributed by atoms with Crippen molar-refractivity contribution in [1.82, 2.24) is 0 Å². The Balaban J connectivity index is 1.36. The van der Waals surface area contributed by atoms with Crippen LogP contribution in [0.25, 0.3) is 0 Å². The van der Waals surface area contributed by atoms with Crippen LogP contribution in [-0.4, -0.2) is 57.7 Å². The maximum absolute atomic E-state index is 13.0. The first-order chi connectivity index (χ1) is 22.4. The van der Waals surface area contributed by atoms with Crippen molar-refractivity contribution in [2.75, 3.05) is 26.9 Å². The third kappa shape index (κ3) is 9.53. The minimum atomic E-state index is -0.405. The SMILES string of the molecule is CCCCC(C)(C)[C@@H](/C=C/[C@@H]1[C@H]2C=C(C(COCc3ccccc3)C(=O)OC)C[C@H]2C[C@H]1OC1CCCCO1)OC1CCCCO1. The standard InChI is InChI=1S/C39H58O7/c1-5-6-20-39(2,3)35(46-37-17-11-13-22-44-37)19-18-31-32-24-29(23-30(32)25-34(31)45-36-16-10-12-21-43-36)33(38(40)41-4)27-42-26-28-14-8-7-9-15-28/h7-9,14-15,18-19,24,30-37H,5-6,10-13,16-17,20-23,25-27H2,1-4H3/b19-18+/t30-,31+,32-,33?,34+,35+,36?,37?/m0/s1. The zero-order valence-corrected chi connectivity index (χ0v) is 28.7. The molecule has 0 N–H and O–H groups in total. The first-order valence-corrected chi connectivity index (χ1v) is 18.0. The number of rotatable bonds is 16. The van der Waals surface area contributed by atoms with Gasteiger partial charge in [0, 0.05) is 19.1 Å². The molecule has 8 atom stereocenters. The number of fused-ring (bicyclic) bond motifs is 1. The van der Waals surface area contributed by atoms with Crippen LogP contribution in [0.15, 0.2) is 54.1 Å². The summed E-state index contributed by atoms with van der Waals surface area (Å²) in [5.41, 5.74) is 2.19. The topological polar surface area (TPSA) is 72.5 Å². The highest BCUT2D eigenvalue weighted by Gasteiger charge is 2.47. The number of allylic oxidation sites excluding steroid dienone is 1. The Labute approximate surface area is 277 Å². The van der Waals surface area contributed by atoms with E-state index >= 15 is 0 Å². The van der Waals surface area contributed by atoms with Gasteiger partial charge in [-0.2, -0.15) is 0 Å². The van der Waals surface area contributed by atoms with E-state index in [1.165, 1.54) is 13.5 Å². The van der Waals surface area contributed by atoms with E-state index in [1.807, 2.05) is 30.3 Å². The first-order valence-electron chi connectivity index (χ1n) is 18.0. The van der Waals surface area contributed by atoms with Crippen molar-refractivity contribution in [3.8, 4) is 0 Å². The third-order valence-corrected chi connectivity index (χ3v) is 10.5. The number of hydrogen-bond acceptors (Lipinski definition) is 7. The molecule has 4 aliphatic rings. The molecule has 0 spiro atoms. The van der Waals surface area contributed by atoms with E-state index in [9.17, 15) is 4.79 Å². The molecule has 256 valence electrons. The number of ether oxygens (including phenoxy) is 6. The van der Waals surface area contributed by atoms with Gasteiger partial charge in [0.05, 0.1) is 32.5 Å². The zero-order valence-electron chi connectivity index (χ0n) is 28.7. The maximum Gasteiger partial charge on any atom is 0.315 e. The van der Waals surface area contributed by atoms with Crippen LogP contribution in [0, 0.1) is 29.1 Å². The van der Waals surface area contributed by atoms with Crippen molar-refractivity contribution < 1.29 is 33.2 Å². The van der Waals surface area contributed by atoms with Gasteiger partial charge in [0.2, 0.25) is 0 Å². The lowest BCUT2D eigenvalue weighted by atomic mass is 9.80. The second-order valence-electron chi connectivity index (χ2n) is 14.5. The molecule has 2 saturated heterocycles. The number of carbonyl (C=O) groups is 1. The molecule has 7 heteroatoms. The van der Waals surface area contributed by atoms with E-state index in [4.69, 9.17) is 28.4 Å². The minimum absolute atomic E-state index is 0.0308. The molecule has 5 rings (SSSR count). The van der Waals surface area contributed by atoms with Crippen molar-refractivity contribution in [2.45, 2.75) is 123 Å². The van der Waals surface area contributed by atoms with Crippen LogP contribution in [0.4, 0.5) is 0 Å². The molecule has 0 aromatic heterocycles. The number of unbranched alkanes of at least 4 members (excludes halogenated alkanes) is 1. The van der Waals surface area contributed by atoms with Crippen LogP contribution in [0.1, 0.15) is 97.0 Å². The van der Waals surface area contributed by atoms with Crippen LogP contribution >= 0.6 is 0 Å². The van der Waals surface area contributed by atoms with Crippen molar-refractivity contribution >= 4 is 5.97 Å². The molecule has 3 unspecified atom stereocenters. The number of methoxy groups -OCH3 is 1. The van der Waals surface area contributed by atoms with Gasteiger partial charge in [0.1, 0.15) is 5.92 Å². The lowest BCUT2D eigenvalue weighted by molar-refractivity contribution is -0.198. The minimum Gasteiger partial charge on any atom is -0.468 e. The fourth-order valence-corrected chi connectivity index (χ4v) is 7.74. The van der Waals surface area contributed by atoms with Gasteiger partial charge in [-0.05, 0) is 80.6 Å². The van der Waals surface area contributed by atoms with E-state index in [0.29, 0.717) is 19.1 Å². The fraction of sp³-hybridized carbons (Fsp3) is 0.718. The van der Waals surface area contributed by atoms with Crippen molar-refractivity contribution in [1.29, 1.82) is 0 Å². The Bertz CT molecular complexity index is 1120. The van der Waals surface area contributed by atoms with Gasteiger partial charge >= 0.3 is 5.97 Å². The van der Waals surface area contributed by atoms with Gasteiger partial charge in [-0.25, -0.2) is 0 Å².